The van der Waals surface area contributed by atoms with E-state index in [0.29, 0.717) is 6.54 Å². The smallest absolute Gasteiger partial charge is 0.317 e. The minimum atomic E-state index is -0.824. The van der Waals surface area contributed by atoms with E-state index >= 15 is 0 Å². The first kappa shape index (κ1) is 10.4. The highest BCUT2D eigenvalue weighted by atomic mass is 16.4. The van der Waals surface area contributed by atoms with Gasteiger partial charge in [0.25, 0.3) is 0 Å². The van der Waals surface area contributed by atoms with Gasteiger partial charge in [0, 0.05) is 6.04 Å². The third kappa shape index (κ3) is 7.29. The summed E-state index contributed by atoms with van der Waals surface area (Å²) in [6.07, 6.45) is 1.78. The second kappa shape index (κ2) is 6.12. The molecule has 4 heteroatoms. The van der Waals surface area contributed by atoms with Gasteiger partial charge in [0.1, 0.15) is 0 Å². The van der Waals surface area contributed by atoms with Gasteiger partial charge in [0.05, 0.1) is 6.54 Å². The Kier molecular flexibility index (Phi) is 5.78. The molecule has 0 rings (SSSR count). The van der Waals surface area contributed by atoms with E-state index < -0.39 is 5.97 Å². The van der Waals surface area contributed by atoms with Crippen molar-refractivity contribution < 1.29 is 9.90 Å². The van der Waals surface area contributed by atoms with Crippen molar-refractivity contribution in [3.8, 4) is 0 Å². The number of rotatable bonds is 6. The number of aliphatic carboxylic acids is 1. The van der Waals surface area contributed by atoms with Gasteiger partial charge < -0.3 is 16.2 Å². The SMILES string of the molecule is CCC(N)CCNCC(=O)O. The number of carboxylic acid groups (broad SMARTS) is 1. The molecule has 0 amide bonds. The molecule has 1 atom stereocenters. The van der Waals surface area contributed by atoms with E-state index in [2.05, 4.69) is 5.32 Å². The van der Waals surface area contributed by atoms with Crippen LogP contribution >= 0.6 is 0 Å². The van der Waals surface area contributed by atoms with Gasteiger partial charge in [-0.25, -0.2) is 0 Å². The Bertz CT molecular complexity index is 117. The van der Waals surface area contributed by atoms with Crippen molar-refractivity contribution in [1.82, 2.24) is 5.32 Å². The summed E-state index contributed by atoms with van der Waals surface area (Å²) >= 11 is 0. The van der Waals surface area contributed by atoms with Crippen LogP contribution in [0, 0.1) is 0 Å². The maximum atomic E-state index is 10.0. The largest absolute Gasteiger partial charge is 0.480 e. The molecule has 0 radical (unpaired) electrons. The summed E-state index contributed by atoms with van der Waals surface area (Å²) in [4.78, 5) is 10.0. The Morgan fingerprint density at radius 1 is 1.73 bits per heavy atom. The van der Waals surface area contributed by atoms with Crippen LogP contribution in [0.25, 0.3) is 0 Å². The average Bonchev–Trinajstić information content (AvgIpc) is 1.97. The maximum absolute atomic E-state index is 10.0. The molecule has 0 fully saturated rings. The van der Waals surface area contributed by atoms with Gasteiger partial charge in [-0.05, 0) is 19.4 Å². The van der Waals surface area contributed by atoms with Crippen LogP contribution in [0.15, 0.2) is 0 Å². The van der Waals surface area contributed by atoms with Crippen LogP contribution < -0.4 is 11.1 Å². The minimum Gasteiger partial charge on any atom is -0.480 e. The van der Waals surface area contributed by atoms with Gasteiger partial charge in [-0.2, -0.15) is 0 Å². The normalized spacial score (nSPS) is 12.9. The Morgan fingerprint density at radius 2 is 2.36 bits per heavy atom. The summed E-state index contributed by atoms with van der Waals surface area (Å²) < 4.78 is 0. The third-order valence-corrected chi connectivity index (χ3v) is 1.49. The van der Waals surface area contributed by atoms with Gasteiger partial charge in [-0.3, -0.25) is 4.79 Å². The topological polar surface area (TPSA) is 75.3 Å². The lowest BCUT2D eigenvalue weighted by molar-refractivity contribution is -0.135. The van der Waals surface area contributed by atoms with Crippen LogP contribution in [0.2, 0.25) is 0 Å². The molecule has 66 valence electrons. The predicted molar refractivity (Wildman–Crippen MR) is 43.4 cm³/mol. The van der Waals surface area contributed by atoms with Crippen molar-refractivity contribution in [2.45, 2.75) is 25.8 Å². The van der Waals surface area contributed by atoms with E-state index in [1.807, 2.05) is 6.92 Å². The first-order valence-corrected chi connectivity index (χ1v) is 3.85. The molecule has 0 aromatic heterocycles. The molecular weight excluding hydrogens is 144 g/mol. The lowest BCUT2D eigenvalue weighted by atomic mass is 10.2. The van der Waals surface area contributed by atoms with E-state index in [4.69, 9.17) is 10.8 Å². The van der Waals surface area contributed by atoms with Crippen molar-refractivity contribution in [2.24, 2.45) is 5.73 Å². The molecule has 4 N–H and O–H groups in total. The van der Waals surface area contributed by atoms with Crippen LogP contribution in [0.5, 0.6) is 0 Å². The molecule has 0 aromatic carbocycles. The monoisotopic (exact) mass is 160 g/mol. The molecule has 0 aliphatic heterocycles. The Labute approximate surface area is 66.8 Å². The van der Waals surface area contributed by atoms with Crippen LogP contribution in [0.1, 0.15) is 19.8 Å². The van der Waals surface area contributed by atoms with Gasteiger partial charge in [0.2, 0.25) is 0 Å². The van der Waals surface area contributed by atoms with E-state index in [0.717, 1.165) is 12.8 Å². The summed E-state index contributed by atoms with van der Waals surface area (Å²) in [5, 5.41) is 11.0. The minimum absolute atomic E-state index is 0.0242. The predicted octanol–water partition coefficient (Wildman–Crippen LogP) is -0.212. The zero-order chi connectivity index (χ0) is 8.69. The Morgan fingerprint density at radius 3 is 2.82 bits per heavy atom. The van der Waals surface area contributed by atoms with Crippen LogP contribution in [-0.4, -0.2) is 30.2 Å². The molecular formula is C7H16N2O2. The Hall–Kier alpha value is -0.610. The molecule has 0 aliphatic rings. The molecule has 0 heterocycles. The summed E-state index contributed by atoms with van der Waals surface area (Å²) in [5.74, 6) is -0.824. The number of nitrogens with two attached hydrogens (primary N) is 1. The quantitative estimate of drug-likeness (QED) is 0.470. The highest BCUT2D eigenvalue weighted by Gasteiger charge is 1.98. The highest BCUT2D eigenvalue weighted by Crippen LogP contribution is 1.90. The summed E-state index contributed by atoms with van der Waals surface area (Å²) in [6, 6.07) is 0.191. The van der Waals surface area contributed by atoms with E-state index in [9.17, 15) is 4.79 Å². The number of carboxylic acids is 1. The molecule has 0 saturated carbocycles. The fourth-order valence-electron chi connectivity index (χ4n) is 0.687. The van der Waals surface area contributed by atoms with Crippen molar-refractivity contribution in [1.29, 1.82) is 0 Å². The molecule has 0 aliphatic carbocycles. The number of nitrogens with one attached hydrogen (secondary N) is 1. The third-order valence-electron chi connectivity index (χ3n) is 1.49. The lowest BCUT2D eigenvalue weighted by Gasteiger charge is -2.07. The van der Waals surface area contributed by atoms with Crippen molar-refractivity contribution in [3.63, 3.8) is 0 Å². The molecule has 4 nitrogen and oxygen atoms in total. The average molecular weight is 160 g/mol. The second-order valence-electron chi connectivity index (χ2n) is 2.53. The maximum Gasteiger partial charge on any atom is 0.317 e. The molecule has 0 bridgehead atoms. The summed E-state index contributed by atoms with van der Waals surface area (Å²) in [7, 11) is 0. The standard InChI is InChI=1S/C7H16N2O2/c1-2-6(8)3-4-9-5-7(10)11/h6,9H,2-5,8H2,1H3,(H,10,11). The van der Waals surface area contributed by atoms with Crippen LogP contribution in [0.3, 0.4) is 0 Å². The summed E-state index contributed by atoms with van der Waals surface area (Å²) in [6.45, 7) is 2.72. The molecule has 0 aromatic rings. The van der Waals surface area contributed by atoms with Gasteiger partial charge in [0.15, 0.2) is 0 Å². The fourth-order valence-corrected chi connectivity index (χ4v) is 0.687. The van der Waals surface area contributed by atoms with E-state index in [1.54, 1.807) is 0 Å². The van der Waals surface area contributed by atoms with Gasteiger partial charge >= 0.3 is 5.97 Å². The zero-order valence-electron chi connectivity index (χ0n) is 6.84. The Balaban J connectivity index is 3.08. The number of hydrogen-bond acceptors (Lipinski definition) is 3. The molecule has 0 saturated heterocycles. The molecule has 11 heavy (non-hydrogen) atoms. The zero-order valence-corrected chi connectivity index (χ0v) is 6.84. The molecule has 0 spiro atoms. The first-order valence-electron chi connectivity index (χ1n) is 3.85. The van der Waals surface area contributed by atoms with Crippen LogP contribution in [-0.2, 0) is 4.79 Å². The van der Waals surface area contributed by atoms with Crippen molar-refractivity contribution >= 4 is 5.97 Å². The van der Waals surface area contributed by atoms with Crippen LogP contribution in [0.4, 0.5) is 0 Å². The number of hydrogen-bond donors (Lipinski definition) is 3. The van der Waals surface area contributed by atoms with Crippen molar-refractivity contribution in [3.05, 3.63) is 0 Å². The van der Waals surface area contributed by atoms with E-state index in [1.165, 1.54) is 0 Å². The van der Waals surface area contributed by atoms with E-state index in [-0.39, 0.29) is 12.6 Å². The molecule has 1 unspecified atom stereocenters. The lowest BCUT2D eigenvalue weighted by Crippen LogP contribution is -2.29. The highest BCUT2D eigenvalue weighted by molar-refractivity contribution is 5.68. The van der Waals surface area contributed by atoms with Crippen molar-refractivity contribution in [2.75, 3.05) is 13.1 Å². The van der Waals surface area contributed by atoms with Gasteiger partial charge in [-0.1, -0.05) is 6.92 Å². The first-order chi connectivity index (χ1) is 5.16. The fraction of sp³-hybridized carbons (Fsp3) is 0.857. The van der Waals surface area contributed by atoms with Gasteiger partial charge in [-0.15, -0.1) is 0 Å². The second-order valence-corrected chi connectivity index (χ2v) is 2.53. The summed E-state index contributed by atoms with van der Waals surface area (Å²) in [5.41, 5.74) is 5.60. The number of carbonyl (C=O) groups is 1.